The number of nitrogens with one attached hydrogen (secondary N) is 1. The van der Waals surface area contributed by atoms with Crippen molar-refractivity contribution in [3.63, 3.8) is 0 Å². The van der Waals surface area contributed by atoms with Crippen LogP contribution in [0.5, 0.6) is 11.5 Å². The summed E-state index contributed by atoms with van der Waals surface area (Å²) >= 11 is -2.70. The van der Waals surface area contributed by atoms with E-state index in [1.54, 1.807) is 6.92 Å². The van der Waals surface area contributed by atoms with Crippen molar-refractivity contribution in [1.82, 2.24) is 15.1 Å². The number of aromatic hydroxyl groups is 2. The van der Waals surface area contributed by atoms with Gasteiger partial charge in [0.15, 0.2) is 22.6 Å². The number of carbonyl (C=O) groups excluding carboxylic acids is 3. The highest BCUT2D eigenvalue weighted by molar-refractivity contribution is 7.80. The molecule has 0 aromatic heterocycles. The van der Waals surface area contributed by atoms with Gasteiger partial charge < -0.3 is 39.7 Å². The van der Waals surface area contributed by atoms with Gasteiger partial charge in [-0.3, -0.25) is 9.59 Å². The number of nitrogens with zero attached hydrogens (tertiary/aromatic N) is 2. The Hall–Kier alpha value is -3.39. The Labute approximate surface area is 196 Å². The van der Waals surface area contributed by atoms with Gasteiger partial charge >= 0.3 is 12.1 Å². The third-order valence-electron chi connectivity index (χ3n) is 5.80. The molecule has 13 nitrogen and oxygen atoms in total. The summed E-state index contributed by atoms with van der Waals surface area (Å²) < 4.78 is 26.4. The Bertz CT molecular complexity index is 1020. The van der Waals surface area contributed by atoms with Crippen LogP contribution in [0.25, 0.3) is 0 Å². The highest BCUT2D eigenvalue weighted by Crippen LogP contribution is 2.27. The van der Waals surface area contributed by atoms with E-state index in [9.17, 15) is 43.3 Å². The van der Waals surface area contributed by atoms with Crippen LogP contribution in [0.2, 0.25) is 0 Å². The standard InChI is InChI=1S/C20H25N3O10S/c1-10-6-16(26)23(10)17(19(28)29)15(34(31)32)9-33-20(30)21-12-4-5-22(8-12)18(27)11-2-3-13(24)14(25)7-11/h2-3,7,10,12,15,17,24-25H,4-6,8-9H2,1H3,(H,21,30)(H,28,29)(H,31,32)/t10-,12?,15+,17-/m1/s1. The van der Waals surface area contributed by atoms with E-state index in [1.807, 2.05) is 0 Å². The SMILES string of the molecule is C[C@@H]1CC(=O)N1[C@@H](C(=O)O)[C@H](COC(=O)NC1CCN(C(=O)c2ccc(O)c(O)c2)C1)S(=O)O. The van der Waals surface area contributed by atoms with Crippen molar-refractivity contribution in [2.24, 2.45) is 0 Å². The Morgan fingerprint density at radius 3 is 2.53 bits per heavy atom. The number of ether oxygens (including phenoxy) is 1. The van der Waals surface area contributed by atoms with E-state index in [4.69, 9.17) is 4.74 Å². The molecule has 1 aromatic rings. The lowest BCUT2D eigenvalue weighted by atomic mass is 9.98. The maximum Gasteiger partial charge on any atom is 0.407 e. The average Bonchev–Trinajstić information content (AvgIpc) is 3.22. The largest absolute Gasteiger partial charge is 0.504 e. The fourth-order valence-electron chi connectivity index (χ4n) is 4.00. The van der Waals surface area contributed by atoms with Gasteiger partial charge in [-0.05, 0) is 31.5 Å². The van der Waals surface area contributed by atoms with Gasteiger partial charge in [0.05, 0.1) is 6.04 Å². The first kappa shape index (κ1) is 25.2. The van der Waals surface area contributed by atoms with Crippen LogP contribution in [0.4, 0.5) is 4.79 Å². The lowest BCUT2D eigenvalue weighted by molar-refractivity contribution is -0.161. The molecule has 2 saturated heterocycles. The number of alkyl carbamates (subject to hydrolysis) is 1. The number of phenolic OH excluding ortho intramolecular Hbond substituents is 2. The lowest BCUT2D eigenvalue weighted by Gasteiger charge is -2.43. The van der Waals surface area contributed by atoms with Crippen molar-refractivity contribution in [1.29, 1.82) is 0 Å². The fourth-order valence-corrected chi connectivity index (χ4v) is 4.66. The molecule has 2 aliphatic heterocycles. The van der Waals surface area contributed by atoms with Gasteiger partial charge in [-0.2, -0.15) is 0 Å². The number of carboxylic acids is 1. The first-order chi connectivity index (χ1) is 16.0. The minimum absolute atomic E-state index is 0.122. The highest BCUT2D eigenvalue weighted by Gasteiger charge is 2.47. The molecule has 0 aliphatic carbocycles. The second-order valence-electron chi connectivity index (χ2n) is 8.13. The number of rotatable bonds is 8. The van der Waals surface area contributed by atoms with Gasteiger partial charge in [0.2, 0.25) is 5.91 Å². The predicted molar refractivity (Wildman–Crippen MR) is 115 cm³/mol. The van der Waals surface area contributed by atoms with E-state index in [0.29, 0.717) is 13.0 Å². The van der Waals surface area contributed by atoms with Crippen LogP contribution in [0.3, 0.4) is 0 Å². The molecule has 3 rings (SSSR count). The topological polar surface area (TPSA) is 194 Å². The predicted octanol–water partition coefficient (Wildman–Crippen LogP) is -0.297. The van der Waals surface area contributed by atoms with Crippen molar-refractivity contribution < 1.29 is 48.0 Å². The molecular weight excluding hydrogens is 474 g/mol. The molecule has 2 aliphatic rings. The minimum atomic E-state index is -2.70. The molecule has 3 amide bonds. The Balaban J connectivity index is 1.55. The summed E-state index contributed by atoms with van der Waals surface area (Å²) in [5, 5.41) is 29.4. The van der Waals surface area contributed by atoms with Gasteiger partial charge in [-0.15, -0.1) is 0 Å². The molecule has 5 atom stereocenters. The Morgan fingerprint density at radius 1 is 1.26 bits per heavy atom. The molecular formula is C20H25N3O10S. The molecule has 0 radical (unpaired) electrons. The molecule has 34 heavy (non-hydrogen) atoms. The monoisotopic (exact) mass is 499 g/mol. The number of benzene rings is 1. The third kappa shape index (κ3) is 5.39. The summed E-state index contributed by atoms with van der Waals surface area (Å²) in [6, 6.07) is 1.12. The van der Waals surface area contributed by atoms with Crippen LogP contribution in [0.1, 0.15) is 30.1 Å². The van der Waals surface area contributed by atoms with Crippen LogP contribution in [0, 0.1) is 0 Å². The Kier molecular flexibility index (Phi) is 7.61. The van der Waals surface area contributed by atoms with Crippen molar-refractivity contribution in [2.45, 2.75) is 43.1 Å². The molecule has 2 unspecified atom stereocenters. The van der Waals surface area contributed by atoms with E-state index < -0.39 is 70.7 Å². The van der Waals surface area contributed by atoms with Crippen LogP contribution in [0.15, 0.2) is 18.2 Å². The maximum atomic E-state index is 12.6. The summed E-state index contributed by atoms with van der Waals surface area (Å²) in [5.74, 6) is -3.17. The number of hydrogen-bond acceptors (Lipinski definition) is 8. The second kappa shape index (κ2) is 10.3. The van der Waals surface area contributed by atoms with Crippen molar-refractivity contribution >= 4 is 35.0 Å². The fraction of sp³-hybridized carbons (Fsp3) is 0.500. The normalized spacial score (nSPS) is 22.5. The van der Waals surface area contributed by atoms with Gasteiger partial charge in [0.1, 0.15) is 17.9 Å². The highest BCUT2D eigenvalue weighted by atomic mass is 32.2. The summed E-state index contributed by atoms with van der Waals surface area (Å²) in [4.78, 5) is 50.7. The van der Waals surface area contributed by atoms with Crippen molar-refractivity contribution in [2.75, 3.05) is 19.7 Å². The summed E-state index contributed by atoms with van der Waals surface area (Å²) in [6.45, 7) is 1.31. The molecule has 0 saturated carbocycles. The number of phenols is 2. The molecule has 0 spiro atoms. The maximum absolute atomic E-state index is 12.6. The van der Waals surface area contributed by atoms with Gasteiger partial charge in [-0.25, -0.2) is 13.8 Å². The van der Waals surface area contributed by atoms with Crippen molar-refractivity contribution in [3.05, 3.63) is 23.8 Å². The zero-order chi connectivity index (χ0) is 25.2. The first-order valence-corrected chi connectivity index (χ1v) is 11.5. The van der Waals surface area contributed by atoms with Gasteiger partial charge in [0, 0.05) is 31.1 Å². The summed E-state index contributed by atoms with van der Waals surface area (Å²) in [7, 11) is 0. The molecule has 0 bridgehead atoms. The summed E-state index contributed by atoms with van der Waals surface area (Å²) in [6.07, 6.45) is -0.460. The molecule has 2 fully saturated rings. The molecule has 5 N–H and O–H groups in total. The van der Waals surface area contributed by atoms with Gasteiger partial charge in [-0.1, -0.05) is 0 Å². The van der Waals surface area contributed by atoms with Gasteiger partial charge in [0.25, 0.3) is 5.91 Å². The number of amides is 3. The van der Waals surface area contributed by atoms with E-state index in [1.165, 1.54) is 17.0 Å². The van der Waals surface area contributed by atoms with Crippen LogP contribution in [-0.2, 0) is 25.4 Å². The van der Waals surface area contributed by atoms with E-state index in [2.05, 4.69) is 5.32 Å². The molecule has 2 heterocycles. The lowest BCUT2D eigenvalue weighted by Crippen LogP contribution is -2.63. The number of β-lactam (4-membered cyclic amide) rings is 1. The number of carboxylic acid groups (broad SMARTS) is 1. The van der Waals surface area contributed by atoms with Crippen LogP contribution >= 0.6 is 0 Å². The zero-order valence-electron chi connectivity index (χ0n) is 18.1. The first-order valence-electron chi connectivity index (χ1n) is 10.4. The minimum Gasteiger partial charge on any atom is -0.504 e. The number of carbonyl (C=O) groups is 4. The molecule has 186 valence electrons. The number of aliphatic carboxylic acids is 1. The van der Waals surface area contributed by atoms with E-state index >= 15 is 0 Å². The molecule has 1 aromatic carbocycles. The quantitative estimate of drug-likeness (QED) is 0.180. The van der Waals surface area contributed by atoms with Crippen molar-refractivity contribution in [3.8, 4) is 11.5 Å². The van der Waals surface area contributed by atoms with E-state index in [0.717, 1.165) is 11.0 Å². The summed E-state index contributed by atoms with van der Waals surface area (Å²) in [5.41, 5.74) is 0.154. The third-order valence-corrected chi connectivity index (χ3v) is 6.71. The average molecular weight is 499 g/mol. The smallest absolute Gasteiger partial charge is 0.407 e. The Morgan fingerprint density at radius 2 is 1.97 bits per heavy atom. The number of likely N-dealkylation sites (tertiary alicyclic amines) is 2. The van der Waals surface area contributed by atoms with Crippen LogP contribution in [-0.4, -0.2) is 101 Å². The van der Waals surface area contributed by atoms with E-state index in [-0.39, 0.29) is 24.3 Å². The zero-order valence-corrected chi connectivity index (χ0v) is 18.9. The number of hydrogen-bond donors (Lipinski definition) is 5. The molecule has 14 heteroatoms. The van der Waals surface area contributed by atoms with Crippen LogP contribution < -0.4 is 5.32 Å². The second-order valence-corrected chi connectivity index (χ2v) is 9.29.